The third kappa shape index (κ3) is 5.20. The maximum absolute atomic E-state index is 12.5. The molecule has 2 aromatic carbocycles. The van der Waals surface area contributed by atoms with Gasteiger partial charge >= 0.3 is 18.3 Å². The number of para-hydroxylation sites is 2. The molecule has 170 valence electrons. The molecule has 0 amide bonds. The molecule has 0 spiro atoms. The Balaban J connectivity index is 1.63. The number of alkyl halides is 2. The number of hydrogen-bond acceptors (Lipinski definition) is 8. The highest BCUT2D eigenvalue weighted by atomic mass is 19.3. The van der Waals surface area contributed by atoms with Crippen molar-refractivity contribution in [2.45, 2.75) is 32.6 Å². The number of fused-ring (bicyclic) bond motifs is 1. The summed E-state index contributed by atoms with van der Waals surface area (Å²) in [7, 11) is 1.18. The molecule has 32 heavy (non-hydrogen) atoms. The van der Waals surface area contributed by atoms with E-state index in [1.54, 1.807) is 24.3 Å². The molecular weight excluding hydrogens is 434 g/mol. The van der Waals surface area contributed by atoms with Gasteiger partial charge < -0.3 is 18.6 Å². The van der Waals surface area contributed by atoms with Crippen molar-refractivity contribution in [1.82, 2.24) is 4.57 Å². The number of hydrogen-bond donors (Lipinski definition) is 0. The minimum atomic E-state index is -3.20. The quantitative estimate of drug-likeness (QED) is 0.260. The summed E-state index contributed by atoms with van der Waals surface area (Å²) in [6, 6.07) is 8.73. The van der Waals surface area contributed by atoms with Gasteiger partial charge in [-0.15, -0.1) is 0 Å². The number of nitro benzene ring substituents is 1. The molecule has 0 aliphatic carbocycles. The normalized spacial score (nSPS) is 11.0. The highest BCUT2D eigenvalue weighted by molar-refractivity contribution is 5.72. The zero-order chi connectivity index (χ0) is 23.3. The molecule has 0 atom stereocenters. The van der Waals surface area contributed by atoms with Gasteiger partial charge in [-0.3, -0.25) is 19.5 Å². The molecule has 0 saturated heterocycles. The van der Waals surface area contributed by atoms with E-state index in [1.165, 1.54) is 11.7 Å². The molecule has 0 aliphatic heterocycles. The molecule has 3 rings (SSSR count). The number of aromatic nitrogens is 1. The number of oxazole rings is 1. The molecule has 0 N–H and O–H groups in total. The number of benzene rings is 2. The van der Waals surface area contributed by atoms with Crippen molar-refractivity contribution in [3.05, 3.63) is 62.6 Å². The molecule has 0 bridgehead atoms. The average molecular weight is 452 g/mol. The summed E-state index contributed by atoms with van der Waals surface area (Å²) in [4.78, 5) is 34.5. The summed E-state index contributed by atoms with van der Waals surface area (Å²) in [5, 5.41) is 11.3. The van der Waals surface area contributed by atoms with Crippen LogP contribution in [0.1, 0.15) is 18.4 Å². The molecule has 10 nitrogen and oxygen atoms in total. The minimum Gasteiger partial charge on any atom is -0.493 e. The van der Waals surface area contributed by atoms with Crippen LogP contribution >= 0.6 is 0 Å². The third-order valence-corrected chi connectivity index (χ3v) is 4.50. The van der Waals surface area contributed by atoms with Crippen LogP contribution < -0.4 is 15.2 Å². The number of ether oxygens (including phenoxy) is 3. The van der Waals surface area contributed by atoms with Crippen molar-refractivity contribution < 1.29 is 37.1 Å². The van der Waals surface area contributed by atoms with Crippen LogP contribution in [0.5, 0.6) is 11.5 Å². The summed E-state index contributed by atoms with van der Waals surface area (Å²) in [6.07, 6.45) is 0.193. The molecule has 12 heteroatoms. The predicted octanol–water partition coefficient (Wildman–Crippen LogP) is 3.64. The first kappa shape index (κ1) is 22.7. The summed E-state index contributed by atoms with van der Waals surface area (Å²) in [5.74, 6) is -1.89. The van der Waals surface area contributed by atoms with Gasteiger partial charge in [0.05, 0.1) is 29.2 Å². The lowest BCUT2D eigenvalue weighted by atomic mass is 10.1. The van der Waals surface area contributed by atoms with Gasteiger partial charge in [0.2, 0.25) is 0 Å². The van der Waals surface area contributed by atoms with E-state index in [9.17, 15) is 28.5 Å². The first-order valence-electron chi connectivity index (χ1n) is 9.34. The lowest BCUT2D eigenvalue weighted by molar-refractivity contribution is -0.386. The van der Waals surface area contributed by atoms with Crippen LogP contribution in [0.4, 0.5) is 14.5 Å². The van der Waals surface area contributed by atoms with Gasteiger partial charge in [0.1, 0.15) is 6.61 Å². The number of nitro groups is 1. The third-order valence-electron chi connectivity index (χ3n) is 4.50. The maximum atomic E-state index is 12.5. The number of carbonyl (C=O) groups is 1. The fourth-order valence-electron chi connectivity index (χ4n) is 3.06. The van der Waals surface area contributed by atoms with Crippen LogP contribution in [-0.4, -0.2) is 29.2 Å². The fraction of sp³-hybridized carbons (Fsp3) is 0.300. The van der Waals surface area contributed by atoms with Crippen LogP contribution in [-0.2, 0) is 22.7 Å². The lowest BCUT2D eigenvalue weighted by Crippen LogP contribution is -2.15. The number of aryl methyl sites for hydroxylation is 1. The number of nitrogens with zero attached hydrogens (tertiary/aromatic N) is 2. The number of carbonyl (C=O) groups excluding carboxylic acids is 1. The Kier molecular flexibility index (Phi) is 7.03. The Morgan fingerprint density at radius 1 is 1.25 bits per heavy atom. The Hall–Kier alpha value is -3.96. The minimum absolute atomic E-state index is 0.0566. The first-order valence-corrected chi connectivity index (χ1v) is 9.34. The largest absolute Gasteiger partial charge is 0.493 e. The van der Waals surface area contributed by atoms with E-state index in [0.29, 0.717) is 11.1 Å². The van der Waals surface area contributed by atoms with Gasteiger partial charge in [-0.1, -0.05) is 12.1 Å². The average Bonchev–Trinajstić information content (AvgIpc) is 3.07. The zero-order valence-corrected chi connectivity index (χ0v) is 16.8. The lowest BCUT2D eigenvalue weighted by Gasteiger charge is -2.12. The number of halogens is 2. The van der Waals surface area contributed by atoms with Gasteiger partial charge in [0, 0.05) is 13.0 Å². The van der Waals surface area contributed by atoms with Crippen LogP contribution in [0.15, 0.2) is 45.6 Å². The van der Waals surface area contributed by atoms with Gasteiger partial charge in [-0.2, -0.15) is 8.78 Å². The van der Waals surface area contributed by atoms with Crippen molar-refractivity contribution in [2.75, 3.05) is 7.11 Å². The molecule has 0 fully saturated rings. The topological polar surface area (TPSA) is 123 Å². The van der Waals surface area contributed by atoms with Crippen LogP contribution in [0, 0.1) is 10.1 Å². The predicted molar refractivity (Wildman–Crippen MR) is 106 cm³/mol. The first-order chi connectivity index (χ1) is 15.3. The van der Waals surface area contributed by atoms with E-state index >= 15 is 0 Å². The van der Waals surface area contributed by atoms with Gasteiger partial charge in [0.25, 0.3) is 5.69 Å². The highest BCUT2D eigenvalue weighted by Crippen LogP contribution is 2.36. The molecule has 0 unspecified atom stereocenters. The maximum Gasteiger partial charge on any atom is 0.419 e. The van der Waals surface area contributed by atoms with Crippen LogP contribution in [0.2, 0.25) is 0 Å². The van der Waals surface area contributed by atoms with E-state index in [1.807, 2.05) is 0 Å². The molecule has 0 saturated carbocycles. The second-order valence-electron chi connectivity index (χ2n) is 6.52. The Morgan fingerprint density at radius 3 is 2.69 bits per heavy atom. The molecule has 1 heterocycles. The van der Waals surface area contributed by atoms with E-state index in [4.69, 9.17) is 13.9 Å². The Morgan fingerprint density at radius 2 is 2.00 bits per heavy atom. The SMILES string of the molecule is COc1cc(COC(=O)CCCn2c(=O)oc3ccccc32)c([N+](=O)[O-])cc1OC(F)F. The van der Waals surface area contributed by atoms with Gasteiger partial charge in [-0.25, -0.2) is 4.79 Å². The number of rotatable bonds is 10. The standard InChI is InChI=1S/C20H18F2N2O8/c1-29-16-9-12(14(24(27)28)10-17(16)31-19(21)22)11-30-18(25)7-4-8-23-13-5-2-3-6-15(13)32-20(23)26/h2-3,5-6,9-10,19H,4,7-8,11H2,1H3. The van der Waals surface area contributed by atoms with E-state index in [-0.39, 0.29) is 30.7 Å². The van der Waals surface area contributed by atoms with Gasteiger partial charge in [0.15, 0.2) is 17.1 Å². The highest BCUT2D eigenvalue weighted by Gasteiger charge is 2.22. The van der Waals surface area contributed by atoms with E-state index < -0.39 is 41.3 Å². The van der Waals surface area contributed by atoms with Crippen LogP contribution in [0.3, 0.4) is 0 Å². The smallest absolute Gasteiger partial charge is 0.419 e. The molecule has 0 aliphatic rings. The van der Waals surface area contributed by atoms with Crippen molar-refractivity contribution in [3.8, 4) is 11.5 Å². The summed E-state index contributed by atoms with van der Waals surface area (Å²) in [5.41, 5.74) is 0.407. The monoisotopic (exact) mass is 452 g/mol. The number of esters is 1. The van der Waals surface area contributed by atoms with E-state index in [0.717, 1.165) is 12.1 Å². The zero-order valence-electron chi connectivity index (χ0n) is 16.8. The van der Waals surface area contributed by atoms with E-state index in [2.05, 4.69) is 4.74 Å². The number of methoxy groups -OCH3 is 1. The Labute approximate surface area is 179 Å². The summed E-state index contributed by atoms with van der Waals surface area (Å²) < 4.78 is 45.7. The van der Waals surface area contributed by atoms with Crippen LogP contribution in [0.25, 0.3) is 11.1 Å². The summed E-state index contributed by atoms with van der Waals surface area (Å²) >= 11 is 0. The van der Waals surface area contributed by atoms with Crippen molar-refractivity contribution in [1.29, 1.82) is 0 Å². The fourth-order valence-corrected chi connectivity index (χ4v) is 3.06. The van der Waals surface area contributed by atoms with Crippen molar-refractivity contribution in [3.63, 3.8) is 0 Å². The molecule has 1 aromatic heterocycles. The van der Waals surface area contributed by atoms with Gasteiger partial charge in [-0.05, 0) is 24.6 Å². The second kappa shape index (κ2) is 9.90. The molecule has 3 aromatic rings. The molecular formula is C20H18F2N2O8. The summed E-state index contributed by atoms with van der Waals surface area (Å²) in [6.45, 7) is -3.47. The molecule has 0 radical (unpaired) electrons. The van der Waals surface area contributed by atoms with Crippen molar-refractivity contribution >= 4 is 22.8 Å². The second-order valence-corrected chi connectivity index (χ2v) is 6.52. The van der Waals surface area contributed by atoms with Crippen molar-refractivity contribution in [2.24, 2.45) is 0 Å². The Bertz CT molecular complexity index is 1190.